The standard InChI is InChI=1S/C50H44/c1-25(2)31-13-35-15-33(27(5)6)21-47-43-23-39-29(17-41(43)45(19-31)49(35)47)9-11-38-37(39)12-10-30-18-42-44(24-40(30)38)48-22-34(28(7)8)16-36-14-32(26(3)4)20-46(42)50(36)48/h9-28H,1-8H3. The number of hydrogen-bond acceptors (Lipinski definition) is 0. The van der Waals surface area contributed by atoms with E-state index in [1.807, 2.05) is 0 Å². The fourth-order valence-corrected chi connectivity index (χ4v) is 9.17. The molecule has 0 saturated carbocycles. The Balaban J connectivity index is 1.23. The summed E-state index contributed by atoms with van der Waals surface area (Å²) in [5.41, 5.74) is 16.8. The maximum absolute atomic E-state index is 2.51. The second kappa shape index (κ2) is 10.3. The van der Waals surface area contributed by atoms with Crippen molar-refractivity contribution in [3.05, 3.63) is 119 Å². The molecule has 0 aliphatic heterocycles. The van der Waals surface area contributed by atoms with Crippen molar-refractivity contribution >= 4 is 53.9 Å². The van der Waals surface area contributed by atoms with Gasteiger partial charge in [0.2, 0.25) is 0 Å². The minimum absolute atomic E-state index is 0.478. The Morgan fingerprint density at radius 2 is 0.560 bits per heavy atom. The zero-order valence-electron chi connectivity index (χ0n) is 30.5. The molecule has 0 heteroatoms. The predicted molar refractivity (Wildman–Crippen MR) is 219 cm³/mol. The van der Waals surface area contributed by atoms with Gasteiger partial charge in [0.15, 0.2) is 0 Å². The third kappa shape index (κ3) is 4.06. The van der Waals surface area contributed by atoms with Crippen molar-refractivity contribution in [1.82, 2.24) is 0 Å². The summed E-state index contributed by atoms with van der Waals surface area (Å²) in [5.74, 6) is 1.93. The lowest BCUT2D eigenvalue weighted by atomic mass is 9.90. The Morgan fingerprint density at radius 3 is 0.860 bits per heavy atom. The number of rotatable bonds is 4. The molecule has 0 atom stereocenters. The Hall–Kier alpha value is -4.94. The fraction of sp³-hybridized carbons (Fsp3) is 0.240. The number of benzene rings is 8. The molecule has 2 aliphatic rings. The van der Waals surface area contributed by atoms with E-state index in [1.165, 1.54) is 121 Å². The van der Waals surface area contributed by atoms with Crippen LogP contribution < -0.4 is 0 Å². The van der Waals surface area contributed by atoms with E-state index >= 15 is 0 Å². The fourth-order valence-electron chi connectivity index (χ4n) is 9.17. The quantitative estimate of drug-likeness (QED) is 0.167. The highest BCUT2D eigenvalue weighted by Crippen LogP contribution is 2.53. The van der Waals surface area contributed by atoms with Crippen molar-refractivity contribution in [1.29, 1.82) is 0 Å². The third-order valence-electron chi connectivity index (χ3n) is 12.1. The van der Waals surface area contributed by atoms with Gasteiger partial charge in [-0.25, -0.2) is 0 Å². The molecule has 0 radical (unpaired) electrons. The van der Waals surface area contributed by atoms with Crippen LogP contribution in [0.2, 0.25) is 0 Å². The summed E-state index contributed by atoms with van der Waals surface area (Å²) in [7, 11) is 0. The van der Waals surface area contributed by atoms with Crippen LogP contribution in [0.5, 0.6) is 0 Å². The van der Waals surface area contributed by atoms with E-state index in [2.05, 4.69) is 152 Å². The molecule has 8 aromatic carbocycles. The normalized spacial score (nSPS) is 13.1. The maximum atomic E-state index is 2.51. The van der Waals surface area contributed by atoms with E-state index in [1.54, 1.807) is 0 Å². The molecule has 244 valence electrons. The highest BCUT2D eigenvalue weighted by atomic mass is 14.3. The van der Waals surface area contributed by atoms with Gasteiger partial charge in [-0.3, -0.25) is 0 Å². The van der Waals surface area contributed by atoms with E-state index < -0.39 is 0 Å². The Kier molecular flexibility index (Phi) is 6.17. The van der Waals surface area contributed by atoms with Crippen LogP contribution in [0.4, 0.5) is 0 Å². The molecule has 8 aromatic rings. The molecular formula is C50H44. The van der Waals surface area contributed by atoms with E-state index in [9.17, 15) is 0 Å². The van der Waals surface area contributed by atoms with Gasteiger partial charge in [-0.15, -0.1) is 0 Å². The summed E-state index contributed by atoms with van der Waals surface area (Å²) in [6.45, 7) is 18.5. The molecule has 2 aliphatic carbocycles. The number of fused-ring (bicyclic) bond motifs is 11. The molecular weight excluding hydrogens is 601 g/mol. The minimum atomic E-state index is 0.478. The molecule has 0 amide bonds. The molecule has 0 N–H and O–H groups in total. The summed E-state index contributed by atoms with van der Waals surface area (Å²) in [5, 5.41) is 13.6. The molecule has 0 heterocycles. The zero-order chi connectivity index (χ0) is 34.3. The zero-order valence-corrected chi connectivity index (χ0v) is 30.5. The van der Waals surface area contributed by atoms with E-state index in [4.69, 9.17) is 0 Å². The second-order valence-electron chi connectivity index (χ2n) is 16.6. The predicted octanol–water partition coefficient (Wildman–Crippen LogP) is 15.2. The van der Waals surface area contributed by atoms with Crippen LogP contribution in [0.3, 0.4) is 0 Å². The molecule has 0 unspecified atom stereocenters. The van der Waals surface area contributed by atoms with Gasteiger partial charge >= 0.3 is 0 Å². The van der Waals surface area contributed by atoms with Gasteiger partial charge < -0.3 is 0 Å². The van der Waals surface area contributed by atoms with Crippen LogP contribution >= 0.6 is 0 Å². The SMILES string of the molecule is CC(C)c1cc2c3c(cc(C(C)C)cc3c1)-c1cc3c(ccc4c5cc6c(cc5ccc34)-c3cc(C(C)C)cc4cc(C(C)C)cc-6c34)cc1-2. The van der Waals surface area contributed by atoms with E-state index in [0.717, 1.165) is 0 Å². The summed E-state index contributed by atoms with van der Waals surface area (Å²) < 4.78 is 0. The van der Waals surface area contributed by atoms with Crippen LogP contribution in [0, 0.1) is 0 Å². The van der Waals surface area contributed by atoms with Crippen LogP contribution in [0.15, 0.2) is 97.1 Å². The van der Waals surface area contributed by atoms with Crippen molar-refractivity contribution < 1.29 is 0 Å². The van der Waals surface area contributed by atoms with E-state index in [-0.39, 0.29) is 0 Å². The van der Waals surface area contributed by atoms with Gasteiger partial charge in [0.25, 0.3) is 0 Å². The van der Waals surface area contributed by atoms with Gasteiger partial charge in [-0.1, -0.05) is 128 Å². The van der Waals surface area contributed by atoms with Crippen molar-refractivity contribution in [3.63, 3.8) is 0 Å². The average Bonchev–Trinajstić information content (AvgIpc) is 3.58. The Labute approximate surface area is 295 Å². The molecule has 10 rings (SSSR count). The first-order valence-corrected chi connectivity index (χ1v) is 18.8. The van der Waals surface area contributed by atoms with E-state index in [0.29, 0.717) is 23.7 Å². The first kappa shape index (κ1) is 29.9. The van der Waals surface area contributed by atoms with Crippen LogP contribution in [-0.2, 0) is 0 Å². The first-order chi connectivity index (χ1) is 24.0. The topological polar surface area (TPSA) is 0 Å². The maximum Gasteiger partial charge on any atom is -0.00260 e. The molecule has 0 saturated heterocycles. The summed E-state index contributed by atoms with van der Waals surface area (Å²) in [4.78, 5) is 0. The smallest absolute Gasteiger partial charge is 0.00260 e. The monoisotopic (exact) mass is 644 g/mol. The van der Waals surface area contributed by atoms with Gasteiger partial charge in [0.05, 0.1) is 0 Å². The number of hydrogen-bond donors (Lipinski definition) is 0. The van der Waals surface area contributed by atoms with Gasteiger partial charge in [0, 0.05) is 0 Å². The lowest BCUT2D eigenvalue weighted by Crippen LogP contribution is -1.91. The van der Waals surface area contributed by atoms with Gasteiger partial charge in [-0.2, -0.15) is 0 Å². The second-order valence-corrected chi connectivity index (χ2v) is 16.6. The van der Waals surface area contributed by atoms with Crippen molar-refractivity contribution in [3.8, 4) is 44.5 Å². The molecule has 0 bridgehead atoms. The largest absolute Gasteiger partial charge is 0.0587 e. The van der Waals surface area contributed by atoms with Crippen LogP contribution in [-0.4, -0.2) is 0 Å². The van der Waals surface area contributed by atoms with Crippen molar-refractivity contribution in [2.75, 3.05) is 0 Å². The average molecular weight is 645 g/mol. The molecule has 0 fully saturated rings. The first-order valence-electron chi connectivity index (χ1n) is 18.8. The lowest BCUT2D eigenvalue weighted by Gasteiger charge is -2.13. The Morgan fingerprint density at radius 1 is 0.260 bits per heavy atom. The highest BCUT2D eigenvalue weighted by Gasteiger charge is 2.27. The molecule has 50 heavy (non-hydrogen) atoms. The molecule has 0 aromatic heterocycles. The highest BCUT2D eigenvalue weighted by molar-refractivity contribution is 6.25. The minimum Gasteiger partial charge on any atom is -0.0587 e. The summed E-state index contributed by atoms with van der Waals surface area (Å²) >= 11 is 0. The van der Waals surface area contributed by atoms with Crippen molar-refractivity contribution in [2.24, 2.45) is 0 Å². The third-order valence-corrected chi connectivity index (χ3v) is 12.1. The summed E-state index contributed by atoms with van der Waals surface area (Å²) in [6.07, 6.45) is 0. The van der Waals surface area contributed by atoms with Crippen LogP contribution in [0.1, 0.15) is 101 Å². The summed E-state index contributed by atoms with van der Waals surface area (Å²) in [6, 6.07) is 39.1. The van der Waals surface area contributed by atoms with Gasteiger partial charge in [-0.05, 0) is 169 Å². The van der Waals surface area contributed by atoms with Gasteiger partial charge in [0.1, 0.15) is 0 Å². The van der Waals surface area contributed by atoms with Crippen LogP contribution in [0.25, 0.3) is 98.4 Å². The lowest BCUT2D eigenvalue weighted by molar-refractivity contribution is 0.865. The molecule has 0 spiro atoms. The van der Waals surface area contributed by atoms with Crippen molar-refractivity contribution in [2.45, 2.75) is 79.1 Å². The Bertz CT molecular complexity index is 2600. The molecule has 0 nitrogen and oxygen atoms in total.